The number of hydrogen-bond donors (Lipinski definition) is 1. The van der Waals surface area contributed by atoms with Crippen LogP contribution in [-0.4, -0.2) is 19.4 Å². The molecule has 1 atom stereocenters. The minimum Gasteiger partial charge on any atom is -0.243 e. The molecule has 0 saturated heterocycles. The highest BCUT2D eigenvalue weighted by molar-refractivity contribution is 7.89. The van der Waals surface area contributed by atoms with Crippen LogP contribution in [0.25, 0.3) is 0 Å². The predicted octanol–water partition coefficient (Wildman–Crippen LogP) is 2.45. The van der Waals surface area contributed by atoms with Crippen molar-refractivity contribution in [2.75, 3.05) is 0 Å². The lowest BCUT2D eigenvalue weighted by Crippen LogP contribution is -2.41. The van der Waals surface area contributed by atoms with Crippen molar-refractivity contribution in [2.45, 2.75) is 38.6 Å². The maximum Gasteiger partial charge on any atom is 0.243 e. The molecular weight excluding hydrogens is 260 g/mol. The van der Waals surface area contributed by atoms with Gasteiger partial charge in [-0.1, -0.05) is 32.4 Å². The molecule has 1 rings (SSSR count). The van der Waals surface area contributed by atoms with E-state index in [-0.39, 0.29) is 21.5 Å². The van der Waals surface area contributed by atoms with Crippen molar-refractivity contribution in [1.29, 1.82) is 0 Å². The molecule has 0 aliphatic rings. The molecular formula is C11H17ClN2O2S. The topological polar surface area (TPSA) is 59.1 Å². The molecule has 1 N–H and O–H groups in total. The van der Waals surface area contributed by atoms with Crippen LogP contribution in [0.3, 0.4) is 0 Å². The first-order valence-corrected chi connectivity index (χ1v) is 7.13. The summed E-state index contributed by atoms with van der Waals surface area (Å²) in [6.07, 6.45) is 1.45. The van der Waals surface area contributed by atoms with Crippen LogP contribution >= 0.6 is 11.6 Å². The fraction of sp³-hybridized carbons (Fsp3) is 0.545. The van der Waals surface area contributed by atoms with Crippen LogP contribution in [0.4, 0.5) is 0 Å². The van der Waals surface area contributed by atoms with Gasteiger partial charge in [-0.3, -0.25) is 0 Å². The first-order chi connectivity index (χ1) is 7.64. The monoisotopic (exact) mass is 276 g/mol. The van der Waals surface area contributed by atoms with E-state index >= 15 is 0 Å². The normalized spacial score (nSPS) is 14.6. The van der Waals surface area contributed by atoms with Crippen LogP contribution < -0.4 is 4.72 Å². The minimum absolute atomic E-state index is 0.0118. The SMILES string of the molecule is CC(NS(=O)(=O)c1cccnc1Cl)C(C)(C)C. The van der Waals surface area contributed by atoms with E-state index in [4.69, 9.17) is 11.6 Å². The Balaban J connectivity index is 3.03. The molecule has 17 heavy (non-hydrogen) atoms. The van der Waals surface area contributed by atoms with Gasteiger partial charge in [0.2, 0.25) is 10.0 Å². The summed E-state index contributed by atoms with van der Waals surface area (Å²) in [7, 11) is -3.62. The van der Waals surface area contributed by atoms with Gasteiger partial charge in [0.05, 0.1) is 0 Å². The zero-order chi connectivity index (χ0) is 13.3. The fourth-order valence-corrected chi connectivity index (χ4v) is 2.95. The largest absolute Gasteiger partial charge is 0.243 e. The standard InChI is InChI=1S/C11H17ClN2O2S/c1-8(11(2,3)4)14-17(15,16)9-6-5-7-13-10(9)12/h5-8,14H,1-4H3. The van der Waals surface area contributed by atoms with E-state index in [0.29, 0.717) is 0 Å². The van der Waals surface area contributed by atoms with Gasteiger partial charge in [-0.25, -0.2) is 18.1 Å². The van der Waals surface area contributed by atoms with Crippen molar-refractivity contribution in [3.8, 4) is 0 Å². The molecule has 0 radical (unpaired) electrons. The second-order valence-electron chi connectivity index (χ2n) is 5.00. The average Bonchev–Trinajstić information content (AvgIpc) is 2.15. The molecule has 1 heterocycles. The van der Waals surface area contributed by atoms with Gasteiger partial charge in [0.1, 0.15) is 10.0 Å². The summed E-state index contributed by atoms with van der Waals surface area (Å²) in [4.78, 5) is 3.77. The highest BCUT2D eigenvalue weighted by atomic mass is 35.5. The first-order valence-electron chi connectivity index (χ1n) is 5.27. The quantitative estimate of drug-likeness (QED) is 0.863. The van der Waals surface area contributed by atoms with Crippen LogP contribution in [0, 0.1) is 5.41 Å². The zero-order valence-electron chi connectivity index (χ0n) is 10.4. The molecule has 0 aliphatic heterocycles. The van der Waals surface area contributed by atoms with E-state index < -0.39 is 10.0 Å². The Morgan fingerprint density at radius 1 is 1.41 bits per heavy atom. The molecule has 1 aromatic rings. The Bertz CT molecular complexity index is 494. The summed E-state index contributed by atoms with van der Waals surface area (Å²) in [5.41, 5.74) is -0.165. The lowest BCUT2D eigenvalue weighted by atomic mass is 9.89. The average molecular weight is 277 g/mol. The van der Waals surface area contributed by atoms with E-state index in [2.05, 4.69) is 9.71 Å². The Labute approximate surface area is 107 Å². The number of aromatic nitrogens is 1. The Hall–Kier alpha value is -0.650. The molecule has 0 bridgehead atoms. The van der Waals surface area contributed by atoms with Crippen LogP contribution in [0.1, 0.15) is 27.7 Å². The van der Waals surface area contributed by atoms with Crippen molar-refractivity contribution in [3.63, 3.8) is 0 Å². The Morgan fingerprint density at radius 2 is 2.00 bits per heavy atom. The van der Waals surface area contributed by atoms with Gasteiger partial charge in [0.15, 0.2) is 0 Å². The van der Waals surface area contributed by atoms with Gasteiger partial charge < -0.3 is 0 Å². The number of pyridine rings is 1. The molecule has 0 saturated carbocycles. The smallest absolute Gasteiger partial charge is 0.243 e. The number of rotatable bonds is 3. The molecule has 0 aromatic carbocycles. The van der Waals surface area contributed by atoms with Crippen molar-refractivity contribution in [1.82, 2.24) is 9.71 Å². The summed E-state index contributed by atoms with van der Waals surface area (Å²) in [5, 5.41) is -0.0129. The third-order valence-corrected chi connectivity index (χ3v) is 4.63. The first kappa shape index (κ1) is 14.4. The van der Waals surface area contributed by atoms with E-state index in [1.165, 1.54) is 12.3 Å². The second-order valence-corrected chi connectivity index (χ2v) is 7.04. The number of sulfonamides is 1. The van der Waals surface area contributed by atoms with Gasteiger partial charge in [0, 0.05) is 12.2 Å². The number of nitrogens with one attached hydrogen (secondary N) is 1. The van der Waals surface area contributed by atoms with Gasteiger partial charge in [-0.15, -0.1) is 0 Å². The van der Waals surface area contributed by atoms with Crippen molar-refractivity contribution in [3.05, 3.63) is 23.5 Å². The molecule has 0 amide bonds. The van der Waals surface area contributed by atoms with E-state index in [0.717, 1.165) is 0 Å². The van der Waals surface area contributed by atoms with Crippen molar-refractivity contribution >= 4 is 21.6 Å². The number of halogens is 1. The van der Waals surface area contributed by atoms with Gasteiger partial charge in [-0.2, -0.15) is 0 Å². The number of nitrogens with zero attached hydrogens (tertiary/aromatic N) is 1. The van der Waals surface area contributed by atoms with E-state index in [1.54, 1.807) is 6.07 Å². The maximum absolute atomic E-state index is 12.1. The molecule has 0 fully saturated rings. The van der Waals surface area contributed by atoms with Crippen LogP contribution in [0.15, 0.2) is 23.2 Å². The fourth-order valence-electron chi connectivity index (χ4n) is 1.04. The highest BCUT2D eigenvalue weighted by Gasteiger charge is 2.27. The summed E-state index contributed by atoms with van der Waals surface area (Å²) in [6.45, 7) is 7.71. The Morgan fingerprint density at radius 3 is 2.47 bits per heavy atom. The van der Waals surface area contributed by atoms with Gasteiger partial charge in [-0.05, 0) is 24.5 Å². The molecule has 96 valence electrons. The maximum atomic E-state index is 12.1. The molecule has 1 aromatic heterocycles. The van der Waals surface area contributed by atoms with Gasteiger partial charge >= 0.3 is 0 Å². The predicted molar refractivity (Wildman–Crippen MR) is 68.5 cm³/mol. The zero-order valence-corrected chi connectivity index (χ0v) is 11.9. The van der Waals surface area contributed by atoms with Crippen LogP contribution in [0.5, 0.6) is 0 Å². The third kappa shape index (κ3) is 3.66. The third-order valence-electron chi connectivity index (χ3n) is 2.65. The second kappa shape index (κ2) is 4.92. The lowest BCUT2D eigenvalue weighted by Gasteiger charge is -2.27. The summed E-state index contributed by atoms with van der Waals surface area (Å²) < 4.78 is 26.8. The van der Waals surface area contributed by atoms with E-state index in [1.807, 2.05) is 27.7 Å². The highest BCUT2D eigenvalue weighted by Crippen LogP contribution is 2.23. The van der Waals surface area contributed by atoms with Gasteiger partial charge in [0.25, 0.3) is 0 Å². The van der Waals surface area contributed by atoms with Crippen LogP contribution in [0.2, 0.25) is 5.15 Å². The van der Waals surface area contributed by atoms with Crippen molar-refractivity contribution < 1.29 is 8.42 Å². The minimum atomic E-state index is -3.62. The van der Waals surface area contributed by atoms with Crippen LogP contribution in [-0.2, 0) is 10.0 Å². The molecule has 0 aliphatic carbocycles. The van der Waals surface area contributed by atoms with Crippen molar-refractivity contribution in [2.24, 2.45) is 5.41 Å². The lowest BCUT2D eigenvalue weighted by molar-refractivity contribution is 0.317. The molecule has 6 heteroatoms. The number of hydrogen-bond acceptors (Lipinski definition) is 3. The molecule has 0 spiro atoms. The summed E-state index contributed by atoms with van der Waals surface area (Å²) >= 11 is 5.78. The summed E-state index contributed by atoms with van der Waals surface area (Å²) in [5.74, 6) is 0. The Kier molecular flexibility index (Phi) is 4.17. The molecule has 4 nitrogen and oxygen atoms in total. The molecule has 1 unspecified atom stereocenters. The van der Waals surface area contributed by atoms with E-state index in [9.17, 15) is 8.42 Å². The summed E-state index contributed by atoms with van der Waals surface area (Å²) in [6, 6.07) is 2.78.